The van der Waals surface area contributed by atoms with E-state index in [2.05, 4.69) is 0 Å². The summed E-state index contributed by atoms with van der Waals surface area (Å²) in [4.78, 5) is 10.7. The van der Waals surface area contributed by atoms with Gasteiger partial charge in [-0.2, -0.15) is 0 Å². The minimum absolute atomic E-state index is 0.141. The normalized spacial score (nSPS) is 10.0. The van der Waals surface area contributed by atoms with Crippen molar-refractivity contribution in [3.8, 4) is 0 Å². The predicted molar refractivity (Wildman–Crippen MR) is 42.5 cm³/mol. The van der Waals surface area contributed by atoms with Crippen LogP contribution in [0.25, 0.3) is 0 Å². The molecular weight excluding hydrogens is 140 g/mol. The van der Waals surface area contributed by atoms with E-state index in [-0.39, 0.29) is 5.78 Å². The Hall–Kier alpha value is -1.05. The molecule has 1 aromatic rings. The first-order valence-electron chi connectivity index (χ1n) is 3.79. The number of carbonyl (C=O) groups excluding carboxylic acids is 1. The van der Waals surface area contributed by atoms with Crippen LogP contribution in [0.15, 0.2) is 16.5 Å². The Morgan fingerprint density at radius 3 is 2.55 bits per heavy atom. The molecule has 0 saturated carbocycles. The minimum atomic E-state index is 0.141. The Labute approximate surface area is 66.2 Å². The summed E-state index contributed by atoms with van der Waals surface area (Å²) in [6.07, 6.45) is 1.30. The number of hydrogen-bond donors (Lipinski definition) is 0. The molecule has 2 heteroatoms. The Morgan fingerprint density at radius 1 is 1.45 bits per heavy atom. The average Bonchev–Trinajstić information content (AvgIpc) is 2.34. The third kappa shape index (κ3) is 2.22. The van der Waals surface area contributed by atoms with E-state index in [0.29, 0.717) is 6.42 Å². The Bertz CT molecular complexity index is 248. The zero-order valence-corrected chi connectivity index (χ0v) is 6.89. The van der Waals surface area contributed by atoms with Gasteiger partial charge in [0.2, 0.25) is 0 Å². The smallest absolute Gasteiger partial charge is 0.137 e. The standard InChI is InChI=1S/C9H12O2/c1-3-8-4-5-9(11-8)6-7(2)10/h4-5H,3,6H2,1-2H3. The first-order valence-corrected chi connectivity index (χ1v) is 3.79. The van der Waals surface area contributed by atoms with E-state index < -0.39 is 0 Å². The summed E-state index contributed by atoms with van der Waals surface area (Å²) in [5, 5.41) is 0. The summed E-state index contributed by atoms with van der Waals surface area (Å²) in [6.45, 7) is 3.59. The number of aryl methyl sites for hydroxylation is 1. The van der Waals surface area contributed by atoms with E-state index >= 15 is 0 Å². The molecule has 1 heterocycles. The molecule has 0 saturated heterocycles. The van der Waals surface area contributed by atoms with Crippen LogP contribution < -0.4 is 0 Å². The molecule has 0 aromatic carbocycles. The van der Waals surface area contributed by atoms with E-state index in [4.69, 9.17) is 4.42 Å². The molecule has 0 aliphatic carbocycles. The largest absolute Gasteiger partial charge is 0.466 e. The van der Waals surface area contributed by atoms with Crippen LogP contribution in [-0.4, -0.2) is 5.78 Å². The van der Waals surface area contributed by atoms with Gasteiger partial charge in [0.25, 0.3) is 0 Å². The highest BCUT2D eigenvalue weighted by molar-refractivity contribution is 5.77. The van der Waals surface area contributed by atoms with Crippen molar-refractivity contribution in [3.05, 3.63) is 23.7 Å². The summed E-state index contributed by atoms with van der Waals surface area (Å²) < 4.78 is 5.32. The van der Waals surface area contributed by atoms with E-state index in [0.717, 1.165) is 17.9 Å². The average molecular weight is 152 g/mol. The van der Waals surface area contributed by atoms with Gasteiger partial charge in [-0.1, -0.05) is 6.92 Å². The molecule has 1 rings (SSSR count). The molecule has 0 aliphatic rings. The zero-order valence-electron chi connectivity index (χ0n) is 6.89. The van der Waals surface area contributed by atoms with Crippen molar-refractivity contribution in [2.75, 3.05) is 0 Å². The number of ketones is 1. The van der Waals surface area contributed by atoms with Gasteiger partial charge in [0.1, 0.15) is 17.3 Å². The second kappa shape index (κ2) is 3.37. The van der Waals surface area contributed by atoms with Crippen LogP contribution >= 0.6 is 0 Å². The molecule has 0 unspecified atom stereocenters. The van der Waals surface area contributed by atoms with Crippen molar-refractivity contribution in [2.45, 2.75) is 26.7 Å². The summed E-state index contributed by atoms with van der Waals surface area (Å²) >= 11 is 0. The summed E-state index contributed by atoms with van der Waals surface area (Å²) in [5.74, 6) is 1.86. The first-order chi connectivity index (χ1) is 5.22. The van der Waals surface area contributed by atoms with E-state index in [1.807, 2.05) is 19.1 Å². The first kappa shape index (κ1) is 8.05. The van der Waals surface area contributed by atoms with Crippen LogP contribution in [0.1, 0.15) is 25.4 Å². The van der Waals surface area contributed by atoms with Gasteiger partial charge in [0.05, 0.1) is 6.42 Å². The lowest BCUT2D eigenvalue weighted by Crippen LogP contribution is -1.93. The highest BCUT2D eigenvalue weighted by atomic mass is 16.3. The zero-order chi connectivity index (χ0) is 8.27. The van der Waals surface area contributed by atoms with Gasteiger partial charge in [0.15, 0.2) is 0 Å². The van der Waals surface area contributed by atoms with Crippen LogP contribution in [0, 0.1) is 0 Å². The van der Waals surface area contributed by atoms with Crippen molar-refractivity contribution < 1.29 is 9.21 Å². The van der Waals surface area contributed by atoms with Crippen LogP contribution in [0.4, 0.5) is 0 Å². The van der Waals surface area contributed by atoms with Gasteiger partial charge >= 0.3 is 0 Å². The fourth-order valence-electron chi connectivity index (χ4n) is 0.953. The van der Waals surface area contributed by atoms with Crippen molar-refractivity contribution in [2.24, 2.45) is 0 Å². The number of furan rings is 1. The highest BCUT2D eigenvalue weighted by Crippen LogP contribution is 2.08. The molecule has 0 atom stereocenters. The summed E-state index contributed by atoms with van der Waals surface area (Å²) in [5.41, 5.74) is 0. The molecule has 0 amide bonds. The summed E-state index contributed by atoms with van der Waals surface area (Å²) in [7, 11) is 0. The van der Waals surface area contributed by atoms with E-state index in [1.165, 1.54) is 0 Å². The molecule has 2 nitrogen and oxygen atoms in total. The molecule has 0 spiro atoms. The van der Waals surface area contributed by atoms with Gasteiger partial charge in [-0.25, -0.2) is 0 Å². The maximum absolute atomic E-state index is 10.7. The number of rotatable bonds is 3. The van der Waals surface area contributed by atoms with Crippen LogP contribution in [0.5, 0.6) is 0 Å². The van der Waals surface area contributed by atoms with Crippen molar-refractivity contribution in [1.82, 2.24) is 0 Å². The maximum Gasteiger partial charge on any atom is 0.137 e. The van der Waals surface area contributed by atoms with Crippen LogP contribution in [0.2, 0.25) is 0 Å². The molecular formula is C9H12O2. The third-order valence-electron chi connectivity index (χ3n) is 1.49. The second-order valence-electron chi connectivity index (χ2n) is 2.60. The molecule has 0 fully saturated rings. The van der Waals surface area contributed by atoms with Gasteiger partial charge < -0.3 is 4.42 Å². The molecule has 0 radical (unpaired) electrons. The fraction of sp³-hybridized carbons (Fsp3) is 0.444. The third-order valence-corrected chi connectivity index (χ3v) is 1.49. The quantitative estimate of drug-likeness (QED) is 0.662. The molecule has 0 aliphatic heterocycles. The number of hydrogen-bond acceptors (Lipinski definition) is 2. The van der Waals surface area contributed by atoms with Gasteiger partial charge in [-0.05, 0) is 19.1 Å². The molecule has 0 bridgehead atoms. The van der Waals surface area contributed by atoms with Crippen molar-refractivity contribution in [3.63, 3.8) is 0 Å². The summed E-state index contributed by atoms with van der Waals surface area (Å²) in [6, 6.07) is 3.78. The van der Waals surface area contributed by atoms with E-state index in [1.54, 1.807) is 6.92 Å². The molecule has 11 heavy (non-hydrogen) atoms. The monoisotopic (exact) mass is 152 g/mol. The lowest BCUT2D eigenvalue weighted by Gasteiger charge is -1.90. The van der Waals surface area contributed by atoms with E-state index in [9.17, 15) is 4.79 Å². The molecule has 60 valence electrons. The van der Waals surface area contributed by atoms with Crippen LogP contribution in [0.3, 0.4) is 0 Å². The minimum Gasteiger partial charge on any atom is -0.466 e. The van der Waals surface area contributed by atoms with Gasteiger partial charge in [-0.3, -0.25) is 4.79 Å². The fourth-order valence-corrected chi connectivity index (χ4v) is 0.953. The van der Waals surface area contributed by atoms with Crippen molar-refractivity contribution >= 4 is 5.78 Å². The molecule has 0 N–H and O–H groups in total. The molecule has 1 aromatic heterocycles. The van der Waals surface area contributed by atoms with Crippen molar-refractivity contribution in [1.29, 1.82) is 0 Å². The topological polar surface area (TPSA) is 30.2 Å². The SMILES string of the molecule is CCc1ccc(CC(C)=O)o1. The van der Waals surface area contributed by atoms with Gasteiger partial charge in [0, 0.05) is 6.42 Å². The lowest BCUT2D eigenvalue weighted by atomic mass is 10.2. The Morgan fingerprint density at radius 2 is 2.09 bits per heavy atom. The van der Waals surface area contributed by atoms with Crippen LogP contribution in [-0.2, 0) is 17.6 Å². The Balaban J connectivity index is 2.65. The second-order valence-corrected chi connectivity index (χ2v) is 2.60. The predicted octanol–water partition coefficient (Wildman–Crippen LogP) is 1.97. The maximum atomic E-state index is 10.7. The lowest BCUT2D eigenvalue weighted by molar-refractivity contribution is -0.116. The Kier molecular flexibility index (Phi) is 2.47. The number of carbonyl (C=O) groups is 1. The highest BCUT2D eigenvalue weighted by Gasteiger charge is 2.01. The van der Waals surface area contributed by atoms with Gasteiger partial charge in [-0.15, -0.1) is 0 Å². The number of Topliss-reactive ketones (excluding diaryl/α,β-unsaturated/α-hetero) is 1.